The van der Waals surface area contributed by atoms with Crippen LogP contribution in [0, 0.1) is 18.6 Å². The molecule has 1 heterocycles. The third-order valence-electron chi connectivity index (χ3n) is 5.36. The maximum atomic E-state index is 14.0. The van der Waals surface area contributed by atoms with Crippen molar-refractivity contribution in [2.24, 2.45) is 0 Å². The summed E-state index contributed by atoms with van der Waals surface area (Å²) >= 11 is 5.76. The zero-order chi connectivity index (χ0) is 23.7. The Morgan fingerprint density at radius 3 is 2.52 bits per heavy atom. The minimum atomic E-state index is -0.626. The predicted octanol–water partition coefficient (Wildman–Crippen LogP) is 7.39. The fourth-order valence-corrected chi connectivity index (χ4v) is 3.92. The molecule has 1 amide bonds. The molecule has 168 valence electrons. The van der Waals surface area contributed by atoms with Crippen molar-refractivity contribution in [2.45, 2.75) is 13.8 Å². The lowest BCUT2D eigenvalue weighted by atomic mass is 9.96. The number of benzene rings is 3. The molecular weight excluding hydrogens is 448 g/mol. The first-order chi connectivity index (χ1) is 15.8. The predicted molar refractivity (Wildman–Crippen MR) is 127 cm³/mol. The van der Waals surface area contributed by atoms with Crippen LogP contribution in [0.25, 0.3) is 27.7 Å². The van der Waals surface area contributed by atoms with Gasteiger partial charge in [-0.05, 0) is 61.4 Å². The van der Waals surface area contributed by atoms with Crippen molar-refractivity contribution in [1.82, 2.24) is 0 Å². The van der Waals surface area contributed by atoms with E-state index < -0.39 is 11.7 Å². The minimum Gasteiger partial charge on any atom is -0.496 e. The lowest BCUT2D eigenvalue weighted by Crippen LogP contribution is -2.10. The number of hydrogen-bond acceptors (Lipinski definition) is 3. The molecule has 4 aromatic rings. The van der Waals surface area contributed by atoms with Crippen molar-refractivity contribution in [1.29, 1.82) is 0 Å². The summed E-state index contributed by atoms with van der Waals surface area (Å²) < 4.78 is 38.8. The van der Waals surface area contributed by atoms with Crippen molar-refractivity contribution < 1.29 is 22.7 Å². The Kier molecular flexibility index (Phi) is 6.20. The van der Waals surface area contributed by atoms with Crippen LogP contribution < -0.4 is 10.1 Å². The Morgan fingerprint density at radius 1 is 1.12 bits per heavy atom. The van der Waals surface area contributed by atoms with Gasteiger partial charge in [-0.15, -0.1) is 0 Å². The Balaban J connectivity index is 1.75. The van der Waals surface area contributed by atoms with E-state index in [0.29, 0.717) is 22.5 Å². The summed E-state index contributed by atoms with van der Waals surface area (Å²) in [4.78, 5) is 12.6. The molecule has 1 N–H and O–H groups in total. The fourth-order valence-electron chi connectivity index (χ4n) is 3.76. The van der Waals surface area contributed by atoms with Gasteiger partial charge < -0.3 is 14.5 Å². The number of nitrogens with one attached hydrogen (secondary N) is 1. The zero-order valence-electron chi connectivity index (χ0n) is 18.1. The first-order valence-corrected chi connectivity index (χ1v) is 10.5. The summed E-state index contributed by atoms with van der Waals surface area (Å²) in [5, 5.41) is 3.56. The van der Waals surface area contributed by atoms with Gasteiger partial charge >= 0.3 is 0 Å². The normalized spacial score (nSPS) is 11.6. The van der Waals surface area contributed by atoms with E-state index in [2.05, 4.69) is 5.32 Å². The Bertz CT molecular complexity index is 1390. The first-order valence-electron chi connectivity index (χ1n) is 10.1. The molecule has 0 bridgehead atoms. The van der Waals surface area contributed by atoms with Crippen molar-refractivity contribution in [3.63, 3.8) is 0 Å². The highest BCUT2D eigenvalue weighted by Crippen LogP contribution is 2.40. The smallest absolute Gasteiger partial charge is 0.248 e. The number of methoxy groups -OCH3 is 1. The second kappa shape index (κ2) is 9.08. The molecule has 0 spiro atoms. The van der Waals surface area contributed by atoms with Crippen LogP contribution in [0.1, 0.15) is 18.1 Å². The van der Waals surface area contributed by atoms with Gasteiger partial charge in [0.15, 0.2) is 0 Å². The van der Waals surface area contributed by atoms with Crippen LogP contribution in [-0.4, -0.2) is 13.0 Å². The zero-order valence-corrected chi connectivity index (χ0v) is 18.9. The number of rotatable bonds is 5. The molecule has 0 aliphatic heterocycles. The molecule has 33 heavy (non-hydrogen) atoms. The lowest BCUT2D eigenvalue weighted by Gasteiger charge is -2.13. The number of carbonyl (C=O) groups is 1. The van der Waals surface area contributed by atoms with Gasteiger partial charge in [0.05, 0.1) is 19.1 Å². The fraction of sp³-hybridized carbons (Fsp3) is 0.115. The number of fused-ring (bicyclic) bond motifs is 1. The largest absolute Gasteiger partial charge is 0.496 e. The van der Waals surface area contributed by atoms with Gasteiger partial charge in [0.1, 0.15) is 23.0 Å². The Hall–Kier alpha value is -3.64. The number of hydrogen-bond donors (Lipinski definition) is 1. The number of amides is 1. The molecule has 7 heteroatoms. The standard InChI is InChI=1S/C26H20ClF2NO3/c1-14(10-24(31)30-23-9-6-17(27)11-22(23)29)19-12-20-21(16-4-7-18(28)8-5-16)13-33-26(20)15(2)25(19)32-3/h4-13H,1-3H3,(H,30,31)/b14-10+. The average molecular weight is 468 g/mol. The second-order valence-corrected chi connectivity index (χ2v) is 7.99. The van der Waals surface area contributed by atoms with E-state index in [-0.39, 0.29) is 16.5 Å². The highest BCUT2D eigenvalue weighted by molar-refractivity contribution is 6.30. The van der Waals surface area contributed by atoms with Crippen LogP contribution in [0.2, 0.25) is 5.02 Å². The Labute approximate surface area is 194 Å². The quantitative estimate of drug-likeness (QED) is 0.311. The van der Waals surface area contributed by atoms with Crippen molar-refractivity contribution in [3.8, 4) is 16.9 Å². The van der Waals surface area contributed by atoms with E-state index in [4.69, 9.17) is 20.8 Å². The molecule has 0 saturated carbocycles. The SMILES string of the molecule is COc1c(/C(C)=C/C(=O)Nc2ccc(Cl)cc2F)cc2c(-c3ccc(F)cc3)coc2c1C. The van der Waals surface area contributed by atoms with Crippen LogP contribution in [-0.2, 0) is 4.79 Å². The number of halogens is 3. The van der Waals surface area contributed by atoms with E-state index in [0.717, 1.165) is 28.1 Å². The maximum Gasteiger partial charge on any atom is 0.248 e. The Morgan fingerprint density at radius 2 is 1.85 bits per heavy atom. The summed E-state index contributed by atoms with van der Waals surface area (Å²) in [6.07, 6.45) is 2.98. The van der Waals surface area contributed by atoms with Crippen molar-refractivity contribution >= 4 is 39.7 Å². The van der Waals surface area contributed by atoms with Gasteiger partial charge in [-0.25, -0.2) is 8.78 Å². The van der Waals surface area contributed by atoms with E-state index in [1.165, 1.54) is 37.5 Å². The maximum absolute atomic E-state index is 14.0. The molecule has 3 aromatic carbocycles. The van der Waals surface area contributed by atoms with Gasteiger partial charge in [0.25, 0.3) is 0 Å². The van der Waals surface area contributed by atoms with E-state index in [1.54, 1.807) is 25.3 Å². The first kappa shape index (κ1) is 22.6. The third-order valence-corrected chi connectivity index (χ3v) is 5.60. The molecule has 0 aliphatic rings. The van der Waals surface area contributed by atoms with Gasteiger partial charge in [-0.3, -0.25) is 4.79 Å². The summed E-state index contributed by atoms with van der Waals surface area (Å²) in [5.74, 6) is -0.896. The van der Waals surface area contributed by atoms with Gasteiger partial charge in [-0.1, -0.05) is 23.7 Å². The summed E-state index contributed by atoms with van der Waals surface area (Å²) in [5.41, 5.74) is 4.29. The number of aryl methyl sites for hydroxylation is 1. The summed E-state index contributed by atoms with van der Waals surface area (Å²) in [6, 6.07) is 12.0. The number of allylic oxidation sites excluding steroid dienone is 1. The molecule has 1 aromatic heterocycles. The second-order valence-electron chi connectivity index (χ2n) is 7.56. The van der Waals surface area contributed by atoms with Crippen molar-refractivity contribution in [2.75, 3.05) is 12.4 Å². The molecule has 0 saturated heterocycles. The number of furan rings is 1. The van der Waals surface area contributed by atoms with E-state index in [9.17, 15) is 13.6 Å². The van der Waals surface area contributed by atoms with Crippen LogP contribution >= 0.6 is 11.6 Å². The van der Waals surface area contributed by atoms with E-state index in [1.807, 2.05) is 13.0 Å². The molecular formula is C26H20ClF2NO3. The van der Waals surface area contributed by atoms with Gasteiger partial charge in [-0.2, -0.15) is 0 Å². The van der Waals surface area contributed by atoms with E-state index >= 15 is 0 Å². The number of anilines is 1. The highest BCUT2D eigenvalue weighted by atomic mass is 35.5. The van der Waals surface area contributed by atoms with Gasteiger partial charge in [0.2, 0.25) is 5.91 Å². The molecule has 0 unspecified atom stereocenters. The molecule has 0 radical (unpaired) electrons. The van der Waals surface area contributed by atoms with Gasteiger partial charge in [0, 0.05) is 33.2 Å². The summed E-state index contributed by atoms with van der Waals surface area (Å²) in [7, 11) is 1.54. The number of carbonyl (C=O) groups excluding carboxylic acids is 1. The summed E-state index contributed by atoms with van der Waals surface area (Å²) in [6.45, 7) is 3.62. The highest BCUT2D eigenvalue weighted by Gasteiger charge is 2.19. The third kappa shape index (κ3) is 4.47. The average Bonchev–Trinajstić information content (AvgIpc) is 3.20. The minimum absolute atomic E-state index is 0.0282. The molecule has 0 atom stereocenters. The lowest BCUT2D eigenvalue weighted by molar-refractivity contribution is -0.111. The van der Waals surface area contributed by atoms with Crippen LogP contribution in [0.4, 0.5) is 14.5 Å². The van der Waals surface area contributed by atoms with Crippen LogP contribution in [0.3, 0.4) is 0 Å². The molecule has 4 nitrogen and oxygen atoms in total. The molecule has 4 rings (SSSR count). The van der Waals surface area contributed by atoms with Crippen LogP contribution in [0.5, 0.6) is 5.75 Å². The molecule has 0 fully saturated rings. The number of ether oxygens (including phenoxy) is 1. The molecule has 0 aliphatic carbocycles. The topological polar surface area (TPSA) is 51.5 Å². The monoisotopic (exact) mass is 467 g/mol. The van der Waals surface area contributed by atoms with Crippen LogP contribution in [0.15, 0.2) is 65.3 Å². The van der Waals surface area contributed by atoms with Crippen molar-refractivity contribution in [3.05, 3.63) is 88.7 Å².